The number of hydrogen-bond acceptors (Lipinski definition) is 6. The summed E-state index contributed by atoms with van der Waals surface area (Å²) in [4.78, 5) is 29.1. The summed E-state index contributed by atoms with van der Waals surface area (Å²) < 4.78 is 10.4. The van der Waals surface area contributed by atoms with Crippen LogP contribution in [0.5, 0.6) is 11.5 Å². The van der Waals surface area contributed by atoms with Crippen LogP contribution in [0.25, 0.3) is 0 Å². The standard InChI is InChI=1S/C24H34N4O4/c1-17(23(29)25-19-9-7-11-21(15-19)31-5)27(3)13-14-28(4)18(2)24(30)26-20-10-8-12-22(16-20)32-6/h7-12,15-18H,13-14H2,1-6H3,(H,25,29)(H,26,30). The number of ether oxygens (including phenoxy) is 2. The Morgan fingerprint density at radius 3 is 1.50 bits per heavy atom. The Bertz CT molecular complexity index is 832. The van der Waals surface area contributed by atoms with Gasteiger partial charge in [-0.15, -0.1) is 0 Å². The molecule has 2 aromatic rings. The number of amides is 2. The Morgan fingerprint density at radius 2 is 1.16 bits per heavy atom. The van der Waals surface area contributed by atoms with E-state index in [9.17, 15) is 9.59 Å². The summed E-state index contributed by atoms with van der Waals surface area (Å²) in [6.07, 6.45) is 0. The van der Waals surface area contributed by atoms with E-state index in [0.717, 1.165) is 0 Å². The first-order valence-corrected chi connectivity index (χ1v) is 10.6. The second-order valence-corrected chi connectivity index (χ2v) is 7.76. The number of methoxy groups -OCH3 is 2. The van der Waals surface area contributed by atoms with Gasteiger partial charge in [0.05, 0.1) is 26.3 Å². The summed E-state index contributed by atoms with van der Waals surface area (Å²) in [5.41, 5.74) is 1.38. The van der Waals surface area contributed by atoms with Crippen molar-refractivity contribution in [3.05, 3.63) is 48.5 Å². The summed E-state index contributed by atoms with van der Waals surface area (Å²) in [5.74, 6) is 1.16. The van der Waals surface area contributed by atoms with Crippen molar-refractivity contribution in [1.82, 2.24) is 9.80 Å². The first-order chi connectivity index (χ1) is 15.2. The summed E-state index contributed by atoms with van der Waals surface area (Å²) >= 11 is 0. The molecule has 2 atom stereocenters. The van der Waals surface area contributed by atoms with E-state index < -0.39 is 0 Å². The molecule has 2 unspecified atom stereocenters. The number of carbonyl (C=O) groups excluding carboxylic acids is 2. The third-order valence-corrected chi connectivity index (χ3v) is 5.56. The van der Waals surface area contributed by atoms with Crippen LogP contribution in [0, 0.1) is 0 Å². The molecule has 0 fully saturated rings. The summed E-state index contributed by atoms with van der Waals surface area (Å²) in [5, 5.41) is 5.83. The largest absolute Gasteiger partial charge is 0.497 e. The van der Waals surface area contributed by atoms with E-state index in [1.165, 1.54) is 0 Å². The van der Waals surface area contributed by atoms with Crippen LogP contribution in [0.15, 0.2) is 48.5 Å². The molecule has 2 rings (SSSR count). The lowest BCUT2D eigenvalue weighted by molar-refractivity contribution is -0.122. The first kappa shape index (κ1) is 25.2. The minimum Gasteiger partial charge on any atom is -0.497 e. The lowest BCUT2D eigenvalue weighted by Gasteiger charge is -2.29. The molecule has 2 N–H and O–H groups in total. The Kier molecular flexibility index (Phi) is 9.49. The number of hydrogen-bond donors (Lipinski definition) is 2. The van der Waals surface area contributed by atoms with Crippen molar-refractivity contribution in [1.29, 1.82) is 0 Å². The summed E-state index contributed by atoms with van der Waals surface area (Å²) in [7, 11) is 6.97. The molecular formula is C24H34N4O4. The SMILES string of the molecule is COc1cccc(NC(=O)C(C)N(C)CCN(C)C(C)C(=O)Nc2cccc(OC)c2)c1. The molecule has 8 heteroatoms. The molecule has 0 aliphatic heterocycles. The van der Waals surface area contributed by atoms with Gasteiger partial charge in [-0.1, -0.05) is 12.1 Å². The van der Waals surface area contributed by atoms with Gasteiger partial charge in [-0.3, -0.25) is 19.4 Å². The molecule has 8 nitrogen and oxygen atoms in total. The zero-order valence-electron chi connectivity index (χ0n) is 19.7. The van der Waals surface area contributed by atoms with Crippen LogP contribution >= 0.6 is 0 Å². The van der Waals surface area contributed by atoms with E-state index in [-0.39, 0.29) is 23.9 Å². The second kappa shape index (κ2) is 12.1. The van der Waals surface area contributed by atoms with E-state index in [2.05, 4.69) is 10.6 Å². The van der Waals surface area contributed by atoms with Crippen molar-refractivity contribution in [2.45, 2.75) is 25.9 Å². The van der Waals surface area contributed by atoms with Crippen LogP contribution in [0.3, 0.4) is 0 Å². The number of anilines is 2. The number of nitrogens with one attached hydrogen (secondary N) is 2. The third kappa shape index (κ3) is 7.25. The zero-order valence-corrected chi connectivity index (χ0v) is 19.7. The van der Waals surface area contributed by atoms with Gasteiger partial charge in [0.1, 0.15) is 11.5 Å². The van der Waals surface area contributed by atoms with Crippen LogP contribution in [-0.2, 0) is 9.59 Å². The van der Waals surface area contributed by atoms with E-state index in [0.29, 0.717) is 36.0 Å². The molecule has 0 aliphatic rings. The average Bonchev–Trinajstić information content (AvgIpc) is 2.81. The summed E-state index contributed by atoms with van der Waals surface area (Å²) in [6.45, 7) is 4.96. The Morgan fingerprint density at radius 1 is 0.781 bits per heavy atom. The van der Waals surface area contributed by atoms with Crippen molar-refractivity contribution < 1.29 is 19.1 Å². The number of likely N-dealkylation sites (N-methyl/N-ethyl adjacent to an activating group) is 2. The molecule has 0 bridgehead atoms. The number of rotatable bonds is 11. The minimum atomic E-state index is -0.337. The van der Waals surface area contributed by atoms with Gasteiger partial charge >= 0.3 is 0 Å². The quantitative estimate of drug-likeness (QED) is 0.557. The number of nitrogens with zero attached hydrogens (tertiary/aromatic N) is 2. The van der Waals surface area contributed by atoms with Gasteiger partial charge in [0.25, 0.3) is 0 Å². The normalized spacial score (nSPS) is 12.9. The van der Waals surface area contributed by atoms with Crippen LogP contribution in [0.4, 0.5) is 11.4 Å². The third-order valence-electron chi connectivity index (χ3n) is 5.56. The number of benzene rings is 2. The lowest BCUT2D eigenvalue weighted by atomic mass is 10.2. The highest BCUT2D eigenvalue weighted by Gasteiger charge is 2.22. The maximum atomic E-state index is 12.6. The lowest BCUT2D eigenvalue weighted by Crippen LogP contribution is -2.46. The van der Waals surface area contributed by atoms with E-state index in [1.54, 1.807) is 26.4 Å². The monoisotopic (exact) mass is 442 g/mol. The highest BCUT2D eigenvalue weighted by molar-refractivity contribution is 5.95. The molecule has 0 radical (unpaired) electrons. The highest BCUT2D eigenvalue weighted by Crippen LogP contribution is 2.18. The molecule has 174 valence electrons. The highest BCUT2D eigenvalue weighted by atomic mass is 16.5. The van der Waals surface area contributed by atoms with Crippen molar-refractivity contribution in [3.63, 3.8) is 0 Å². The predicted molar refractivity (Wildman–Crippen MR) is 127 cm³/mol. The molecule has 0 saturated heterocycles. The summed E-state index contributed by atoms with van der Waals surface area (Å²) in [6, 6.07) is 13.8. The first-order valence-electron chi connectivity index (χ1n) is 10.6. The van der Waals surface area contributed by atoms with Crippen LogP contribution < -0.4 is 20.1 Å². The Labute approximate surface area is 190 Å². The van der Waals surface area contributed by atoms with Gasteiger partial charge in [0.15, 0.2) is 0 Å². The molecule has 0 aromatic heterocycles. The molecule has 2 aromatic carbocycles. The number of carbonyl (C=O) groups is 2. The van der Waals surface area contributed by atoms with Crippen molar-refractivity contribution in [3.8, 4) is 11.5 Å². The van der Waals surface area contributed by atoms with E-state index in [1.807, 2.05) is 74.1 Å². The van der Waals surface area contributed by atoms with Gasteiger partial charge in [-0.2, -0.15) is 0 Å². The molecule has 32 heavy (non-hydrogen) atoms. The molecule has 0 heterocycles. The van der Waals surface area contributed by atoms with Crippen molar-refractivity contribution in [2.24, 2.45) is 0 Å². The van der Waals surface area contributed by atoms with Crippen molar-refractivity contribution >= 4 is 23.2 Å². The maximum Gasteiger partial charge on any atom is 0.241 e. The zero-order chi connectivity index (χ0) is 23.7. The molecule has 0 spiro atoms. The van der Waals surface area contributed by atoms with Gasteiger partial charge in [0, 0.05) is 36.6 Å². The van der Waals surface area contributed by atoms with E-state index in [4.69, 9.17) is 9.47 Å². The fourth-order valence-corrected chi connectivity index (χ4v) is 3.00. The van der Waals surface area contributed by atoms with Gasteiger partial charge in [-0.05, 0) is 52.2 Å². The fourth-order valence-electron chi connectivity index (χ4n) is 3.00. The molecular weight excluding hydrogens is 408 g/mol. The topological polar surface area (TPSA) is 83.1 Å². The molecule has 0 aliphatic carbocycles. The predicted octanol–water partition coefficient (Wildman–Crippen LogP) is 2.92. The molecule has 0 saturated carbocycles. The second-order valence-electron chi connectivity index (χ2n) is 7.76. The maximum absolute atomic E-state index is 12.6. The van der Waals surface area contributed by atoms with Crippen LogP contribution in [0.1, 0.15) is 13.8 Å². The minimum absolute atomic E-state index is 0.104. The van der Waals surface area contributed by atoms with E-state index >= 15 is 0 Å². The van der Waals surface area contributed by atoms with Gasteiger partial charge in [0.2, 0.25) is 11.8 Å². The van der Waals surface area contributed by atoms with Gasteiger partial charge in [-0.25, -0.2) is 0 Å². The Balaban J connectivity index is 1.83. The van der Waals surface area contributed by atoms with Crippen LogP contribution in [-0.4, -0.2) is 75.1 Å². The smallest absolute Gasteiger partial charge is 0.241 e. The fraction of sp³-hybridized carbons (Fsp3) is 0.417. The Hall–Kier alpha value is -3.10. The molecule has 2 amide bonds. The van der Waals surface area contributed by atoms with Crippen LogP contribution in [0.2, 0.25) is 0 Å². The van der Waals surface area contributed by atoms with Gasteiger partial charge < -0.3 is 20.1 Å². The average molecular weight is 443 g/mol. The van der Waals surface area contributed by atoms with Crippen molar-refractivity contribution in [2.75, 3.05) is 52.0 Å².